The van der Waals surface area contributed by atoms with E-state index in [4.69, 9.17) is 52.1 Å². The minimum absolute atomic E-state index is 0.0105. The third-order valence-electron chi connectivity index (χ3n) is 7.93. The van der Waals surface area contributed by atoms with Gasteiger partial charge in [0.05, 0.1) is 119 Å². The van der Waals surface area contributed by atoms with Crippen LogP contribution in [-0.4, -0.2) is 180 Å². The summed E-state index contributed by atoms with van der Waals surface area (Å²) in [6, 6.07) is 6.90. The Morgan fingerprint density at radius 1 is 0.593 bits per heavy atom. The molecule has 0 unspecified atom stereocenters. The van der Waals surface area contributed by atoms with Crippen LogP contribution in [0, 0.1) is 5.92 Å². The molecule has 0 aliphatic heterocycles. The Balaban J connectivity index is 1.98. The molecular formula is C40H69N3O16. The van der Waals surface area contributed by atoms with Crippen LogP contribution < -0.4 is 16.0 Å². The molecule has 0 saturated heterocycles. The van der Waals surface area contributed by atoms with Gasteiger partial charge in [0.25, 0.3) is 0 Å². The Hall–Kier alpha value is -3.50. The van der Waals surface area contributed by atoms with Crippen molar-refractivity contribution < 1.29 is 76.4 Å². The molecule has 59 heavy (non-hydrogen) atoms. The second kappa shape index (κ2) is 38.7. The van der Waals surface area contributed by atoms with Gasteiger partial charge in [-0.15, -0.1) is 0 Å². The van der Waals surface area contributed by atoms with Crippen LogP contribution in [0.25, 0.3) is 0 Å². The molecule has 0 saturated carbocycles. The van der Waals surface area contributed by atoms with Gasteiger partial charge in [0.2, 0.25) is 11.8 Å². The normalized spacial score (nSPS) is 12.3. The monoisotopic (exact) mass is 847 g/mol. The first-order chi connectivity index (χ1) is 28.7. The predicted octanol–water partition coefficient (Wildman–Crippen LogP) is 1.59. The van der Waals surface area contributed by atoms with Crippen LogP contribution in [-0.2, 0) is 73.1 Å². The van der Waals surface area contributed by atoms with E-state index in [1.54, 1.807) is 33.1 Å². The summed E-state index contributed by atoms with van der Waals surface area (Å²) < 4.78 is 58.9. The highest BCUT2D eigenvalue weighted by atomic mass is 16.6. The molecule has 340 valence electrons. The maximum Gasteiger partial charge on any atom is 0.408 e. The number of unbranched alkanes of at least 4 members (excludes halogenated alkanes) is 1. The fraction of sp³-hybridized carbons (Fsp3) is 0.750. The molecule has 0 radical (unpaired) electrons. The first-order valence-electron chi connectivity index (χ1n) is 20.2. The summed E-state index contributed by atoms with van der Waals surface area (Å²) in [4.78, 5) is 49.2. The zero-order valence-corrected chi connectivity index (χ0v) is 35.2. The average molecular weight is 848 g/mol. The SMILES string of the molecule is COCCOCCOCCOCCOCCOCCOCCOCCOCCOCC(=O)NCCCC[C@H](NC(=O)OCc1ccccc1)C(=O)N[C@H](C(=O)O)C(C)C. The second-order valence-corrected chi connectivity index (χ2v) is 13.1. The topological polar surface area (TPSA) is 226 Å². The standard InChI is InChI=1S/C40H69N3O16/c1-33(2)37(39(46)47)43-38(45)35(42-40(48)59-31-34-9-5-4-6-10-34)11-7-8-12-41-36(44)32-58-30-29-57-28-27-56-26-25-55-24-23-54-22-21-53-20-19-52-18-17-51-16-15-50-14-13-49-3/h4-6,9-10,33,35,37H,7-8,11-32H2,1-3H3,(H,41,44)(H,42,48)(H,43,45)(H,46,47)/t35-,37-/m0/s1. The predicted molar refractivity (Wildman–Crippen MR) is 214 cm³/mol. The average Bonchev–Trinajstić information content (AvgIpc) is 3.22. The van der Waals surface area contributed by atoms with Crippen molar-refractivity contribution in [3.8, 4) is 0 Å². The Labute approximate surface area is 348 Å². The van der Waals surface area contributed by atoms with Crippen LogP contribution >= 0.6 is 0 Å². The van der Waals surface area contributed by atoms with Crippen molar-refractivity contribution in [2.75, 3.05) is 139 Å². The summed E-state index contributed by atoms with van der Waals surface area (Å²) in [5.41, 5.74) is 0.774. The first-order valence-corrected chi connectivity index (χ1v) is 20.2. The van der Waals surface area contributed by atoms with E-state index >= 15 is 0 Å². The van der Waals surface area contributed by atoms with Gasteiger partial charge in [0.15, 0.2) is 0 Å². The molecule has 3 amide bonds. The Kier molecular flexibility index (Phi) is 35.1. The van der Waals surface area contributed by atoms with E-state index in [0.717, 1.165) is 5.56 Å². The van der Waals surface area contributed by atoms with E-state index in [2.05, 4.69) is 16.0 Å². The molecule has 1 aromatic carbocycles. The molecule has 0 heterocycles. The largest absolute Gasteiger partial charge is 0.480 e. The number of alkyl carbamates (subject to hydrolysis) is 1. The molecule has 0 bridgehead atoms. The lowest BCUT2D eigenvalue weighted by atomic mass is 10.0. The number of amides is 3. The molecular weight excluding hydrogens is 778 g/mol. The molecule has 4 N–H and O–H groups in total. The van der Waals surface area contributed by atoms with Crippen molar-refractivity contribution >= 4 is 23.9 Å². The van der Waals surface area contributed by atoms with Crippen LogP contribution in [0.2, 0.25) is 0 Å². The summed E-state index contributed by atoms with van der Waals surface area (Å²) in [5, 5.41) is 17.3. The van der Waals surface area contributed by atoms with Gasteiger partial charge in [0, 0.05) is 13.7 Å². The van der Waals surface area contributed by atoms with Gasteiger partial charge in [-0.25, -0.2) is 9.59 Å². The molecule has 0 spiro atoms. The lowest BCUT2D eigenvalue weighted by Gasteiger charge is -2.23. The van der Waals surface area contributed by atoms with Crippen LogP contribution in [0.3, 0.4) is 0 Å². The van der Waals surface area contributed by atoms with Gasteiger partial charge in [-0.1, -0.05) is 44.2 Å². The number of hydrogen-bond acceptors (Lipinski definition) is 15. The van der Waals surface area contributed by atoms with E-state index in [1.165, 1.54) is 0 Å². The number of carbonyl (C=O) groups is 4. The minimum atomic E-state index is -1.17. The number of nitrogens with one attached hydrogen (secondary N) is 3. The molecule has 0 aromatic heterocycles. The molecule has 1 rings (SSSR count). The smallest absolute Gasteiger partial charge is 0.408 e. The van der Waals surface area contributed by atoms with Gasteiger partial charge < -0.3 is 73.2 Å². The third-order valence-corrected chi connectivity index (χ3v) is 7.93. The van der Waals surface area contributed by atoms with Gasteiger partial charge in [-0.2, -0.15) is 0 Å². The summed E-state index contributed by atoms with van der Waals surface area (Å²) in [7, 11) is 1.63. The van der Waals surface area contributed by atoms with Crippen molar-refractivity contribution in [3.05, 3.63) is 35.9 Å². The number of carboxylic acids is 1. The van der Waals surface area contributed by atoms with Crippen LogP contribution in [0.15, 0.2) is 30.3 Å². The van der Waals surface area contributed by atoms with E-state index in [9.17, 15) is 24.3 Å². The first kappa shape index (κ1) is 53.5. The van der Waals surface area contributed by atoms with E-state index < -0.39 is 30.1 Å². The number of methoxy groups -OCH3 is 1. The maximum atomic E-state index is 13.0. The highest BCUT2D eigenvalue weighted by molar-refractivity contribution is 5.89. The number of ether oxygens (including phenoxy) is 11. The number of carbonyl (C=O) groups excluding carboxylic acids is 3. The van der Waals surface area contributed by atoms with Gasteiger partial charge in [-0.05, 0) is 30.7 Å². The maximum absolute atomic E-state index is 13.0. The molecule has 1 aromatic rings. The van der Waals surface area contributed by atoms with Crippen LogP contribution in [0.1, 0.15) is 38.7 Å². The number of carboxylic acid groups (broad SMARTS) is 1. The molecule has 19 heteroatoms. The molecule has 19 nitrogen and oxygen atoms in total. The number of rotatable bonds is 41. The highest BCUT2D eigenvalue weighted by Gasteiger charge is 2.28. The van der Waals surface area contributed by atoms with Crippen molar-refractivity contribution in [3.63, 3.8) is 0 Å². The number of benzene rings is 1. The molecule has 0 aliphatic carbocycles. The fourth-order valence-electron chi connectivity index (χ4n) is 4.76. The summed E-state index contributed by atoms with van der Waals surface area (Å²) in [5.74, 6) is -2.48. The molecule has 2 atom stereocenters. The molecule has 0 fully saturated rings. The Morgan fingerprint density at radius 3 is 1.46 bits per heavy atom. The van der Waals surface area contributed by atoms with E-state index in [0.29, 0.717) is 132 Å². The zero-order chi connectivity index (χ0) is 43.0. The van der Waals surface area contributed by atoms with Gasteiger partial charge in [-0.3, -0.25) is 9.59 Å². The van der Waals surface area contributed by atoms with Crippen molar-refractivity contribution in [2.45, 2.75) is 51.8 Å². The number of aliphatic carboxylic acids is 1. The van der Waals surface area contributed by atoms with Crippen LogP contribution in [0.4, 0.5) is 4.79 Å². The van der Waals surface area contributed by atoms with Gasteiger partial charge in [0.1, 0.15) is 25.3 Å². The third kappa shape index (κ3) is 33.0. The highest BCUT2D eigenvalue weighted by Crippen LogP contribution is 2.07. The van der Waals surface area contributed by atoms with E-state index in [1.807, 2.05) is 18.2 Å². The Bertz CT molecular complexity index is 1180. The quantitative estimate of drug-likeness (QED) is 0.0687. The van der Waals surface area contributed by atoms with Crippen molar-refractivity contribution in [1.82, 2.24) is 16.0 Å². The fourth-order valence-corrected chi connectivity index (χ4v) is 4.76. The molecule has 0 aliphatic rings. The lowest BCUT2D eigenvalue weighted by molar-refractivity contribution is -0.143. The lowest BCUT2D eigenvalue weighted by Crippen LogP contribution is -2.53. The summed E-state index contributed by atoms with van der Waals surface area (Å²) >= 11 is 0. The van der Waals surface area contributed by atoms with Crippen molar-refractivity contribution in [1.29, 1.82) is 0 Å². The van der Waals surface area contributed by atoms with Crippen molar-refractivity contribution in [2.24, 2.45) is 5.92 Å². The second-order valence-electron chi connectivity index (χ2n) is 13.1. The van der Waals surface area contributed by atoms with Gasteiger partial charge >= 0.3 is 12.1 Å². The zero-order valence-electron chi connectivity index (χ0n) is 35.2. The minimum Gasteiger partial charge on any atom is -0.480 e. The Morgan fingerprint density at radius 2 is 1.03 bits per heavy atom. The summed E-state index contributed by atoms with van der Waals surface area (Å²) in [6.07, 6.45) is 0.354. The summed E-state index contributed by atoms with van der Waals surface area (Å²) in [6.45, 7) is 11.7. The van der Waals surface area contributed by atoms with Crippen LogP contribution in [0.5, 0.6) is 0 Å². The number of hydrogen-bond donors (Lipinski definition) is 4. The van der Waals surface area contributed by atoms with E-state index in [-0.39, 0.29) is 38.1 Å².